The monoisotopic (exact) mass is 443 g/mol. The molecular formula is C23H29N3O4S. The normalized spacial score (nSPS) is 11.9. The van der Waals surface area contributed by atoms with E-state index < -0.39 is 0 Å². The highest BCUT2D eigenvalue weighted by Crippen LogP contribution is 2.21. The number of nitrogens with zero attached hydrogens (tertiary/aromatic N) is 2. The van der Waals surface area contributed by atoms with Gasteiger partial charge in [0.1, 0.15) is 22.2 Å². The summed E-state index contributed by atoms with van der Waals surface area (Å²) in [6, 6.07) is 7.25. The summed E-state index contributed by atoms with van der Waals surface area (Å²) in [5.41, 5.74) is 0.343. The Morgan fingerprint density at radius 1 is 1.13 bits per heavy atom. The molecule has 8 heteroatoms. The molecule has 3 aromatic heterocycles. The number of rotatable bonds is 12. The van der Waals surface area contributed by atoms with Crippen LogP contribution in [0, 0.1) is 5.92 Å². The fourth-order valence-corrected chi connectivity index (χ4v) is 4.12. The van der Waals surface area contributed by atoms with E-state index in [1.807, 2.05) is 19.1 Å². The predicted molar refractivity (Wildman–Crippen MR) is 118 cm³/mol. The summed E-state index contributed by atoms with van der Waals surface area (Å²) >= 11 is 1.38. The van der Waals surface area contributed by atoms with E-state index >= 15 is 0 Å². The van der Waals surface area contributed by atoms with Crippen molar-refractivity contribution in [3.05, 3.63) is 64.4 Å². The summed E-state index contributed by atoms with van der Waals surface area (Å²) < 4.78 is 10.7. The number of nitrogens with one attached hydrogen (secondary N) is 1. The number of furan rings is 2. The molecule has 3 heterocycles. The number of aromatic nitrogens is 1. The van der Waals surface area contributed by atoms with Crippen LogP contribution in [0.3, 0.4) is 0 Å². The number of hydrogen-bond donors (Lipinski definition) is 1. The zero-order chi connectivity index (χ0) is 22.1. The predicted octanol–water partition coefficient (Wildman–Crippen LogP) is 5.00. The van der Waals surface area contributed by atoms with Crippen LogP contribution in [0.15, 0.2) is 51.0 Å². The Labute approximate surface area is 186 Å². The number of carbonyl (C=O) groups is 2. The van der Waals surface area contributed by atoms with Crippen molar-refractivity contribution in [3.8, 4) is 0 Å². The Bertz CT molecular complexity index is 934. The molecule has 1 atom stereocenters. The van der Waals surface area contributed by atoms with Crippen LogP contribution in [0.5, 0.6) is 0 Å². The number of unbranched alkanes of at least 4 members (excludes halogenated alkanes) is 1. The molecule has 0 aliphatic carbocycles. The maximum atomic E-state index is 13.3. The van der Waals surface area contributed by atoms with Crippen LogP contribution in [0.4, 0.5) is 0 Å². The Morgan fingerprint density at radius 3 is 2.52 bits per heavy atom. The molecular weight excluding hydrogens is 414 g/mol. The minimum absolute atomic E-state index is 0.0223. The van der Waals surface area contributed by atoms with Crippen LogP contribution in [-0.2, 0) is 24.4 Å². The number of hydrogen-bond acceptors (Lipinski definition) is 6. The molecule has 0 aliphatic heterocycles. The Hall–Kier alpha value is -2.87. The van der Waals surface area contributed by atoms with Crippen molar-refractivity contribution in [1.29, 1.82) is 0 Å². The van der Waals surface area contributed by atoms with Crippen LogP contribution in [0.2, 0.25) is 0 Å². The van der Waals surface area contributed by atoms with Crippen LogP contribution in [0.25, 0.3) is 0 Å². The van der Waals surface area contributed by atoms with Gasteiger partial charge in [-0.1, -0.05) is 26.7 Å². The maximum absolute atomic E-state index is 13.3. The molecule has 166 valence electrons. The summed E-state index contributed by atoms with van der Waals surface area (Å²) in [5, 5.41) is 5.23. The molecule has 0 spiro atoms. The maximum Gasteiger partial charge on any atom is 0.271 e. The lowest BCUT2D eigenvalue weighted by Gasteiger charge is -2.25. The van der Waals surface area contributed by atoms with Crippen molar-refractivity contribution in [1.82, 2.24) is 15.2 Å². The highest BCUT2D eigenvalue weighted by Gasteiger charge is 2.25. The standard InChI is InChI=1S/C23H29N3O4S/c1-3-5-8-17(4-2)23(28)26(14-19-10-7-12-30-19)15-21-25-20(16-31-21)22(27)24-13-18-9-6-11-29-18/h6-7,9-12,16-17H,3-5,8,13-15H2,1-2H3,(H,24,27). The Balaban J connectivity index is 1.67. The van der Waals surface area contributed by atoms with Crippen molar-refractivity contribution in [3.63, 3.8) is 0 Å². The van der Waals surface area contributed by atoms with Crippen LogP contribution in [0.1, 0.15) is 66.5 Å². The van der Waals surface area contributed by atoms with E-state index in [4.69, 9.17) is 8.83 Å². The highest BCUT2D eigenvalue weighted by atomic mass is 32.1. The lowest BCUT2D eigenvalue weighted by molar-refractivity contribution is -0.137. The third-order valence-corrected chi connectivity index (χ3v) is 5.93. The van der Waals surface area contributed by atoms with Crippen LogP contribution >= 0.6 is 11.3 Å². The smallest absolute Gasteiger partial charge is 0.271 e. The van der Waals surface area contributed by atoms with Gasteiger partial charge in [-0.05, 0) is 37.1 Å². The summed E-state index contributed by atoms with van der Waals surface area (Å²) in [5.74, 6) is 1.22. The molecule has 0 saturated heterocycles. The first-order valence-corrected chi connectivity index (χ1v) is 11.5. The van der Waals surface area contributed by atoms with Crippen LogP contribution in [-0.4, -0.2) is 21.7 Å². The molecule has 7 nitrogen and oxygen atoms in total. The van der Waals surface area contributed by atoms with E-state index in [0.29, 0.717) is 36.1 Å². The Kier molecular flexibility index (Phi) is 8.46. The second kappa shape index (κ2) is 11.5. The van der Waals surface area contributed by atoms with E-state index in [0.717, 1.165) is 31.4 Å². The second-order valence-electron chi connectivity index (χ2n) is 7.41. The fourth-order valence-electron chi connectivity index (χ4n) is 3.34. The quantitative estimate of drug-likeness (QED) is 0.425. The molecule has 3 rings (SSSR count). The average molecular weight is 444 g/mol. The minimum Gasteiger partial charge on any atom is -0.467 e. The largest absolute Gasteiger partial charge is 0.467 e. The third kappa shape index (κ3) is 6.55. The summed E-state index contributed by atoms with van der Waals surface area (Å²) in [6.45, 7) is 5.21. The third-order valence-electron chi connectivity index (χ3n) is 5.10. The van der Waals surface area contributed by atoms with Gasteiger partial charge in [0, 0.05) is 11.3 Å². The molecule has 0 radical (unpaired) electrons. The van der Waals surface area contributed by atoms with Crippen LogP contribution < -0.4 is 5.32 Å². The zero-order valence-corrected chi connectivity index (χ0v) is 18.8. The molecule has 0 aliphatic rings. The average Bonchev–Trinajstić information content (AvgIpc) is 3.55. The first-order valence-electron chi connectivity index (χ1n) is 10.7. The van der Waals surface area contributed by atoms with Gasteiger partial charge in [0.2, 0.25) is 5.91 Å². The van der Waals surface area contributed by atoms with E-state index in [2.05, 4.69) is 17.2 Å². The van der Waals surface area contributed by atoms with Gasteiger partial charge >= 0.3 is 0 Å². The lowest BCUT2D eigenvalue weighted by Crippen LogP contribution is -2.35. The topological polar surface area (TPSA) is 88.6 Å². The van der Waals surface area contributed by atoms with Gasteiger partial charge in [-0.15, -0.1) is 11.3 Å². The SMILES string of the molecule is CCCCC(CC)C(=O)N(Cc1ccco1)Cc1nc(C(=O)NCc2ccco2)cs1. The fraction of sp³-hybridized carbons (Fsp3) is 0.435. The van der Waals surface area contributed by atoms with Crippen molar-refractivity contribution in [2.75, 3.05) is 0 Å². The van der Waals surface area contributed by atoms with Crippen molar-refractivity contribution >= 4 is 23.2 Å². The van der Waals surface area contributed by atoms with Crippen molar-refractivity contribution in [2.24, 2.45) is 5.92 Å². The van der Waals surface area contributed by atoms with Gasteiger partial charge in [0.05, 0.1) is 32.2 Å². The molecule has 3 aromatic rings. The van der Waals surface area contributed by atoms with E-state index in [1.54, 1.807) is 34.9 Å². The van der Waals surface area contributed by atoms with Gasteiger partial charge < -0.3 is 19.1 Å². The zero-order valence-electron chi connectivity index (χ0n) is 18.0. The molecule has 0 fully saturated rings. The molecule has 2 amide bonds. The van der Waals surface area contributed by atoms with Crippen molar-refractivity contribution < 1.29 is 18.4 Å². The summed E-state index contributed by atoms with van der Waals surface area (Å²) in [6.07, 6.45) is 6.93. The number of amides is 2. The summed E-state index contributed by atoms with van der Waals surface area (Å²) in [7, 11) is 0. The van der Waals surface area contributed by atoms with E-state index in [9.17, 15) is 9.59 Å². The minimum atomic E-state index is -0.266. The molecule has 0 aromatic carbocycles. The Morgan fingerprint density at radius 2 is 1.87 bits per heavy atom. The molecule has 0 saturated carbocycles. The highest BCUT2D eigenvalue weighted by molar-refractivity contribution is 7.09. The first-order chi connectivity index (χ1) is 15.1. The number of thiazole rings is 1. The van der Waals surface area contributed by atoms with Gasteiger partial charge in [-0.25, -0.2) is 4.98 Å². The second-order valence-corrected chi connectivity index (χ2v) is 8.35. The van der Waals surface area contributed by atoms with E-state index in [-0.39, 0.29) is 17.7 Å². The molecule has 1 N–H and O–H groups in total. The molecule has 1 unspecified atom stereocenters. The summed E-state index contributed by atoms with van der Waals surface area (Å²) in [4.78, 5) is 31.9. The molecule has 31 heavy (non-hydrogen) atoms. The van der Waals surface area contributed by atoms with Gasteiger partial charge in [-0.3, -0.25) is 9.59 Å². The first kappa shape index (κ1) is 22.8. The number of carbonyl (C=O) groups excluding carboxylic acids is 2. The van der Waals surface area contributed by atoms with Gasteiger partial charge in [0.25, 0.3) is 5.91 Å². The van der Waals surface area contributed by atoms with E-state index in [1.165, 1.54) is 11.3 Å². The lowest BCUT2D eigenvalue weighted by atomic mass is 9.97. The van der Waals surface area contributed by atoms with Crippen molar-refractivity contribution in [2.45, 2.75) is 59.2 Å². The van der Waals surface area contributed by atoms with Gasteiger partial charge in [-0.2, -0.15) is 0 Å². The van der Waals surface area contributed by atoms with Gasteiger partial charge in [0.15, 0.2) is 0 Å². The molecule has 0 bridgehead atoms.